The molecule has 0 atom stereocenters. The highest BCUT2D eigenvalue weighted by Crippen LogP contribution is 2.23. The van der Waals surface area contributed by atoms with E-state index in [1.165, 1.54) is 0 Å². The lowest BCUT2D eigenvalue weighted by molar-refractivity contribution is 0.0526. The van der Waals surface area contributed by atoms with Crippen molar-refractivity contribution in [3.05, 3.63) is 66.4 Å². The minimum atomic E-state index is -0.291. The Hall–Kier alpha value is -2.68. The number of fused-ring (bicyclic) bond motifs is 1. The Morgan fingerprint density at radius 2 is 1.81 bits per heavy atom. The van der Waals surface area contributed by atoms with Gasteiger partial charge in [0.1, 0.15) is 0 Å². The van der Waals surface area contributed by atoms with E-state index < -0.39 is 0 Å². The standard InChI is InChI=1S/C18H15NO2/c1-2-21-18(20)14-9-7-13(8-10-14)16-11-15-5-3-4-6-17(15)19-12-16/h3-12H,2H2,1H3. The lowest BCUT2D eigenvalue weighted by Crippen LogP contribution is -2.03. The van der Waals surface area contributed by atoms with Crippen LogP contribution >= 0.6 is 0 Å². The molecule has 0 unspecified atom stereocenters. The van der Waals surface area contributed by atoms with Crippen LogP contribution in [0.15, 0.2) is 60.8 Å². The van der Waals surface area contributed by atoms with Crippen molar-refractivity contribution in [2.75, 3.05) is 6.61 Å². The zero-order valence-electron chi connectivity index (χ0n) is 11.7. The number of carbonyl (C=O) groups excluding carboxylic acids is 1. The summed E-state index contributed by atoms with van der Waals surface area (Å²) in [6.07, 6.45) is 1.85. The Morgan fingerprint density at radius 3 is 2.57 bits per heavy atom. The first-order valence-electron chi connectivity index (χ1n) is 6.90. The third-order valence-corrected chi connectivity index (χ3v) is 3.32. The van der Waals surface area contributed by atoms with E-state index in [0.717, 1.165) is 22.0 Å². The maximum absolute atomic E-state index is 11.6. The number of nitrogens with zero attached hydrogens (tertiary/aromatic N) is 1. The molecular weight excluding hydrogens is 262 g/mol. The second-order valence-electron chi connectivity index (χ2n) is 4.71. The molecule has 0 radical (unpaired) electrons. The number of pyridine rings is 1. The van der Waals surface area contributed by atoms with Gasteiger partial charge in [-0.1, -0.05) is 30.3 Å². The number of rotatable bonds is 3. The van der Waals surface area contributed by atoms with E-state index in [-0.39, 0.29) is 5.97 Å². The highest BCUT2D eigenvalue weighted by atomic mass is 16.5. The average molecular weight is 277 g/mol. The Labute approximate surface area is 123 Å². The molecule has 0 saturated heterocycles. The smallest absolute Gasteiger partial charge is 0.338 e. The molecular formula is C18H15NO2. The van der Waals surface area contributed by atoms with Crippen LogP contribution in [0, 0.1) is 0 Å². The van der Waals surface area contributed by atoms with Gasteiger partial charge in [-0.15, -0.1) is 0 Å². The van der Waals surface area contributed by atoms with Crippen LogP contribution in [0.3, 0.4) is 0 Å². The Kier molecular flexibility index (Phi) is 3.65. The molecule has 3 nitrogen and oxygen atoms in total. The predicted octanol–water partition coefficient (Wildman–Crippen LogP) is 4.08. The van der Waals surface area contributed by atoms with E-state index in [9.17, 15) is 4.79 Å². The molecule has 0 aliphatic carbocycles. The molecule has 0 aliphatic rings. The molecule has 3 rings (SSSR count). The van der Waals surface area contributed by atoms with Gasteiger partial charge in [0, 0.05) is 17.1 Å². The number of hydrogen-bond acceptors (Lipinski definition) is 3. The molecule has 2 aromatic carbocycles. The molecule has 3 aromatic rings. The number of benzene rings is 2. The summed E-state index contributed by atoms with van der Waals surface area (Å²) in [5.74, 6) is -0.291. The monoisotopic (exact) mass is 277 g/mol. The van der Waals surface area contributed by atoms with Crippen LogP contribution in [0.25, 0.3) is 22.0 Å². The molecule has 0 aliphatic heterocycles. The molecule has 3 heteroatoms. The van der Waals surface area contributed by atoms with Crippen molar-refractivity contribution in [3.63, 3.8) is 0 Å². The second-order valence-corrected chi connectivity index (χ2v) is 4.71. The highest BCUT2D eigenvalue weighted by molar-refractivity contribution is 5.90. The van der Waals surface area contributed by atoms with Gasteiger partial charge in [0.25, 0.3) is 0 Å². The fourth-order valence-corrected chi connectivity index (χ4v) is 2.24. The number of para-hydroxylation sites is 1. The highest BCUT2D eigenvalue weighted by Gasteiger charge is 2.06. The molecule has 21 heavy (non-hydrogen) atoms. The van der Waals surface area contributed by atoms with Gasteiger partial charge >= 0.3 is 5.97 Å². The van der Waals surface area contributed by atoms with Gasteiger partial charge in [-0.05, 0) is 36.8 Å². The van der Waals surface area contributed by atoms with Gasteiger partial charge in [-0.3, -0.25) is 4.98 Å². The van der Waals surface area contributed by atoms with Crippen LogP contribution in [-0.2, 0) is 4.74 Å². The fourth-order valence-electron chi connectivity index (χ4n) is 2.24. The predicted molar refractivity (Wildman–Crippen MR) is 83.1 cm³/mol. The Morgan fingerprint density at radius 1 is 1.05 bits per heavy atom. The minimum Gasteiger partial charge on any atom is -0.462 e. The molecule has 0 fully saturated rings. The van der Waals surface area contributed by atoms with E-state index >= 15 is 0 Å². The van der Waals surface area contributed by atoms with Crippen molar-refractivity contribution < 1.29 is 9.53 Å². The van der Waals surface area contributed by atoms with E-state index in [1.54, 1.807) is 19.1 Å². The molecule has 0 saturated carbocycles. The van der Waals surface area contributed by atoms with Crippen molar-refractivity contribution in [3.8, 4) is 11.1 Å². The quantitative estimate of drug-likeness (QED) is 0.677. The molecule has 0 amide bonds. The minimum absolute atomic E-state index is 0.291. The lowest BCUT2D eigenvalue weighted by Gasteiger charge is -2.05. The summed E-state index contributed by atoms with van der Waals surface area (Å²) in [4.78, 5) is 16.1. The molecule has 0 spiro atoms. The van der Waals surface area contributed by atoms with Crippen molar-refractivity contribution in [2.24, 2.45) is 0 Å². The van der Waals surface area contributed by atoms with E-state index in [4.69, 9.17) is 4.74 Å². The van der Waals surface area contributed by atoms with Crippen LogP contribution in [0.5, 0.6) is 0 Å². The number of aromatic nitrogens is 1. The summed E-state index contributed by atoms with van der Waals surface area (Å²) in [7, 11) is 0. The molecule has 1 heterocycles. The van der Waals surface area contributed by atoms with Crippen LogP contribution in [0.1, 0.15) is 17.3 Å². The first-order chi connectivity index (χ1) is 10.3. The summed E-state index contributed by atoms with van der Waals surface area (Å²) < 4.78 is 4.98. The summed E-state index contributed by atoms with van der Waals surface area (Å²) in [6, 6.07) is 17.5. The van der Waals surface area contributed by atoms with Crippen molar-refractivity contribution in [1.82, 2.24) is 4.98 Å². The largest absolute Gasteiger partial charge is 0.462 e. The SMILES string of the molecule is CCOC(=O)c1ccc(-c2cnc3ccccc3c2)cc1. The van der Waals surface area contributed by atoms with Crippen molar-refractivity contribution in [2.45, 2.75) is 6.92 Å². The first-order valence-corrected chi connectivity index (χ1v) is 6.90. The van der Waals surface area contributed by atoms with Gasteiger partial charge in [-0.2, -0.15) is 0 Å². The number of hydrogen-bond donors (Lipinski definition) is 0. The van der Waals surface area contributed by atoms with Crippen molar-refractivity contribution in [1.29, 1.82) is 0 Å². The van der Waals surface area contributed by atoms with Crippen LogP contribution in [0.4, 0.5) is 0 Å². The first kappa shape index (κ1) is 13.3. The third kappa shape index (κ3) is 2.77. The summed E-state index contributed by atoms with van der Waals surface area (Å²) in [6.45, 7) is 2.18. The number of carbonyl (C=O) groups is 1. The molecule has 0 bridgehead atoms. The third-order valence-electron chi connectivity index (χ3n) is 3.32. The second kappa shape index (κ2) is 5.75. The van der Waals surface area contributed by atoms with Crippen LogP contribution < -0.4 is 0 Å². The average Bonchev–Trinajstić information content (AvgIpc) is 2.55. The summed E-state index contributed by atoms with van der Waals surface area (Å²) in [5, 5.41) is 1.10. The maximum Gasteiger partial charge on any atom is 0.338 e. The Bertz CT molecular complexity index is 779. The van der Waals surface area contributed by atoms with Gasteiger partial charge in [0.05, 0.1) is 17.7 Å². The molecule has 104 valence electrons. The summed E-state index contributed by atoms with van der Waals surface area (Å²) >= 11 is 0. The number of esters is 1. The number of ether oxygens (including phenoxy) is 1. The lowest BCUT2D eigenvalue weighted by atomic mass is 10.0. The Balaban J connectivity index is 1.93. The van der Waals surface area contributed by atoms with Crippen LogP contribution in [0.2, 0.25) is 0 Å². The van der Waals surface area contributed by atoms with Gasteiger partial charge < -0.3 is 4.74 Å². The van der Waals surface area contributed by atoms with Gasteiger partial charge in [0.15, 0.2) is 0 Å². The van der Waals surface area contributed by atoms with Gasteiger partial charge in [-0.25, -0.2) is 4.79 Å². The van der Waals surface area contributed by atoms with Gasteiger partial charge in [0.2, 0.25) is 0 Å². The van der Waals surface area contributed by atoms with Crippen LogP contribution in [-0.4, -0.2) is 17.6 Å². The summed E-state index contributed by atoms with van der Waals surface area (Å²) in [5.41, 5.74) is 3.60. The maximum atomic E-state index is 11.6. The van der Waals surface area contributed by atoms with E-state index in [2.05, 4.69) is 11.1 Å². The molecule has 1 aromatic heterocycles. The fraction of sp³-hybridized carbons (Fsp3) is 0.111. The zero-order chi connectivity index (χ0) is 14.7. The van der Waals surface area contributed by atoms with E-state index in [1.807, 2.05) is 42.6 Å². The molecule has 0 N–H and O–H groups in total. The normalized spacial score (nSPS) is 10.5. The zero-order valence-corrected chi connectivity index (χ0v) is 11.7. The van der Waals surface area contributed by atoms with Crippen molar-refractivity contribution >= 4 is 16.9 Å². The topological polar surface area (TPSA) is 39.2 Å². The van der Waals surface area contributed by atoms with E-state index in [0.29, 0.717) is 12.2 Å².